The summed E-state index contributed by atoms with van der Waals surface area (Å²) < 4.78 is 2.47. The third kappa shape index (κ3) is 3.67. The van der Waals surface area contributed by atoms with Crippen LogP contribution in [0.5, 0.6) is 0 Å². The van der Waals surface area contributed by atoms with Gasteiger partial charge in [-0.2, -0.15) is 0 Å². The first-order chi connectivity index (χ1) is 24.3. The minimum Gasteiger partial charge on any atom is -0.309 e. The van der Waals surface area contributed by atoms with Crippen LogP contribution in [-0.4, -0.2) is 4.57 Å². The second-order valence-corrected chi connectivity index (χ2v) is 14.4. The van der Waals surface area contributed by atoms with Crippen LogP contribution in [0.2, 0.25) is 0 Å². The van der Waals surface area contributed by atoms with Crippen molar-refractivity contribution in [1.29, 1.82) is 0 Å². The molecular formula is C47H29NS. The molecule has 0 N–H and O–H groups in total. The third-order valence-electron chi connectivity index (χ3n) is 10.8. The van der Waals surface area contributed by atoms with Crippen LogP contribution in [-0.2, 0) is 5.41 Å². The van der Waals surface area contributed by atoms with E-state index in [0.717, 1.165) is 0 Å². The molecular weight excluding hydrogens is 611 g/mol. The molecule has 11 rings (SSSR count). The van der Waals surface area contributed by atoms with E-state index in [1.807, 2.05) is 11.8 Å². The Bertz CT molecular complexity index is 2760. The van der Waals surface area contributed by atoms with Crippen molar-refractivity contribution in [3.63, 3.8) is 0 Å². The van der Waals surface area contributed by atoms with Crippen LogP contribution < -0.4 is 0 Å². The summed E-state index contributed by atoms with van der Waals surface area (Å²) in [6.45, 7) is 0. The monoisotopic (exact) mass is 639 g/mol. The summed E-state index contributed by atoms with van der Waals surface area (Å²) in [5.41, 5.74) is 13.8. The van der Waals surface area contributed by atoms with Gasteiger partial charge >= 0.3 is 0 Å². The van der Waals surface area contributed by atoms with E-state index >= 15 is 0 Å². The summed E-state index contributed by atoms with van der Waals surface area (Å²) in [5.74, 6) is 0. The van der Waals surface area contributed by atoms with Gasteiger partial charge in [-0.25, -0.2) is 0 Å². The summed E-state index contributed by atoms with van der Waals surface area (Å²) in [6, 6.07) is 65.5. The molecule has 2 aliphatic rings. The number of para-hydroxylation sites is 1. The first-order valence-corrected chi connectivity index (χ1v) is 17.7. The van der Waals surface area contributed by atoms with Crippen LogP contribution >= 0.6 is 11.8 Å². The lowest BCUT2D eigenvalue weighted by atomic mass is 9.67. The Morgan fingerprint density at radius 3 is 1.82 bits per heavy atom. The quantitative estimate of drug-likeness (QED) is 0.182. The maximum absolute atomic E-state index is 2.52. The van der Waals surface area contributed by atoms with Gasteiger partial charge in [0, 0.05) is 26.3 Å². The minimum atomic E-state index is -0.403. The topological polar surface area (TPSA) is 4.93 Å². The molecule has 0 saturated heterocycles. The van der Waals surface area contributed by atoms with Crippen LogP contribution in [0.1, 0.15) is 22.3 Å². The number of hydrogen-bond acceptors (Lipinski definition) is 1. The average Bonchev–Trinajstić information content (AvgIpc) is 3.64. The molecule has 0 saturated carbocycles. The molecule has 228 valence electrons. The Morgan fingerprint density at radius 2 is 1.02 bits per heavy atom. The summed E-state index contributed by atoms with van der Waals surface area (Å²) in [5, 5.41) is 5.09. The molecule has 0 bridgehead atoms. The number of fused-ring (bicyclic) bond motifs is 13. The van der Waals surface area contributed by atoms with Gasteiger partial charge < -0.3 is 4.57 Å². The molecule has 8 aromatic carbocycles. The second kappa shape index (κ2) is 10.1. The lowest BCUT2D eigenvalue weighted by molar-refractivity contribution is 0.723. The molecule has 2 heterocycles. The zero-order valence-electron chi connectivity index (χ0n) is 26.6. The van der Waals surface area contributed by atoms with E-state index in [-0.39, 0.29) is 0 Å². The van der Waals surface area contributed by atoms with Gasteiger partial charge in [0.1, 0.15) is 0 Å². The molecule has 9 aromatic rings. The molecule has 1 aromatic heterocycles. The summed E-state index contributed by atoms with van der Waals surface area (Å²) in [6.07, 6.45) is 0. The van der Waals surface area contributed by atoms with Crippen molar-refractivity contribution in [3.05, 3.63) is 198 Å². The zero-order chi connectivity index (χ0) is 32.1. The fourth-order valence-electron chi connectivity index (χ4n) is 8.76. The number of benzene rings is 8. The second-order valence-electron chi connectivity index (χ2n) is 13.3. The molecule has 0 unspecified atom stereocenters. The Balaban J connectivity index is 1.19. The van der Waals surface area contributed by atoms with E-state index in [9.17, 15) is 0 Å². The standard InChI is InChI=1S/C47H29NS/c1-2-12-32-27-33(22-21-30(32)11-1)31-23-25-34(26-24-31)48-43-18-8-4-14-36(43)38-28-37-35-13-3-5-15-39(35)47(42(37)29-44(38)48)40-16-6-9-19-45(40)49-46-20-10-7-17-41(46)47/h1-29H. The Labute approximate surface area is 289 Å². The van der Waals surface area contributed by atoms with E-state index in [0.29, 0.717) is 0 Å². The van der Waals surface area contributed by atoms with Crippen LogP contribution in [0.3, 0.4) is 0 Å². The summed E-state index contributed by atoms with van der Waals surface area (Å²) in [4.78, 5) is 2.66. The fourth-order valence-corrected chi connectivity index (χ4v) is 9.96. The first-order valence-electron chi connectivity index (χ1n) is 16.9. The highest BCUT2D eigenvalue weighted by atomic mass is 32.2. The molecule has 1 spiro atoms. The molecule has 0 fully saturated rings. The van der Waals surface area contributed by atoms with Crippen LogP contribution in [0.15, 0.2) is 186 Å². The van der Waals surface area contributed by atoms with Crippen LogP contribution in [0.4, 0.5) is 0 Å². The predicted octanol–water partition coefficient (Wildman–Crippen LogP) is 12.4. The molecule has 0 atom stereocenters. The van der Waals surface area contributed by atoms with Crippen molar-refractivity contribution in [2.75, 3.05) is 0 Å². The summed E-state index contributed by atoms with van der Waals surface area (Å²) >= 11 is 1.89. The molecule has 1 aliphatic heterocycles. The Kier molecular flexibility index (Phi) is 5.59. The molecule has 0 radical (unpaired) electrons. The maximum Gasteiger partial charge on any atom is 0.0736 e. The van der Waals surface area contributed by atoms with Gasteiger partial charge in [-0.1, -0.05) is 139 Å². The smallest absolute Gasteiger partial charge is 0.0736 e. The molecule has 2 heteroatoms. The van der Waals surface area contributed by atoms with Gasteiger partial charge in [-0.15, -0.1) is 0 Å². The largest absolute Gasteiger partial charge is 0.309 e. The van der Waals surface area contributed by atoms with Gasteiger partial charge in [-0.3, -0.25) is 0 Å². The van der Waals surface area contributed by atoms with Gasteiger partial charge in [0.2, 0.25) is 0 Å². The van der Waals surface area contributed by atoms with Gasteiger partial charge in [0.25, 0.3) is 0 Å². The van der Waals surface area contributed by atoms with Crippen molar-refractivity contribution >= 4 is 44.3 Å². The zero-order valence-corrected chi connectivity index (χ0v) is 27.4. The van der Waals surface area contributed by atoms with Crippen molar-refractivity contribution in [2.24, 2.45) is 0 Å². The Morgan fingerprint density at radius 1 is 0.388 bits per heavy atom. The van der Waals surface area contributed by atoms with Gasteiger partial charge in [-0.05, 0) is 104 Å². The fraction of sp³-hybridized carbons (Fsp3) is 0.0213. The van der Waals surface area contributed by atoms with Crippen molar-refractivity contribution in [3.8, 4) is 27.9 Å². The van der Waals surface area contributed by atoms with E-state index in [1.165, 1.54) is 92.6 Å². The van der Waals surface area contributed by atoms with Crippen molar-refractivity contribution in [1.82, 2.24) is 4.57 Å². The van der Waals surface area contributed by atoms with E-state index < -0.39 is 5.41 Å². The molecule has 1 aliphatic carbocycles. The maximum atomic E-state index is 2.52. The number of nitrogens with zero attached hydrogens (tertiary/aromatic N) is 1. The molecule has 49 heavy (non-hydrogen) atoms. The SMILES string of the molecule is c1ccc2c(c1)Sc1ccccc1C21c2ccccc2-c2cc3c4ccccc4n(-c4ccc(-c5ccc6ccccc6c5)cc4)c3cc21. The van der Waals surface area contributed by atoms with Crippen LogP contribution in [0.25, 0.3) is 60.5 Å². The number of hydrogen-bond donors (Lipinski definition) is 0. The number of aromatic nitrogens is 1. The van der Waals surface area contributed by atoms with Crippen LogP contribution in [0, 0.1) is 0 Å². The van der Waals surface area contributed by atoms with E-state index in [1.54, 1.807) is 0 Å². The van der Waals surface area contributed by atoms with Crippen molar-refractivity contribution in [2.45, 2.75) is 15.2 Å². The van der Waals surface area contributed by atoms with E-state index in [4.69, 9.17) is 0 Å². The number of rotatable bonds is 2. The highest BCUT2D eigenvalue weighted by Gasteiger charge is 2.50. The average molecular weight is 640 g/mol. The predicted molar refractivity (Wildman–Crippen MR) is 205 cm³/mol. The summed E-state index contributed by atoms with van der Waals surface area (Å²) in [7, 11) is 0. The Hall–Kier alpha value is -5.83. The molecule has 1 nitrogen and oxygen atoms in total. The van der Waals surface area contributed by atoms with Gasteiger partial charge in [0.05, 0.1) is 16.4 Å². The lowest BCUT2D eigenvalue weighted by Gasteiger charge is -2.39. The highest BCUT2D eigenvalue weighted by Crippen LogP contribution is 2.62. The van der Waals surface area contributed by atoms with E-state index in [2.05, 4.69) is 180 Å². The molecule has 0 amide bonds. The minimum absolute atomic E-state index is 0.403. The highest BCUT2D eigenvalue weighted by molar-refractivity contribution is 7.99. The lowest BCUT2D eigenvalue weighted by Crippen LogP contribution is -2.31. The third-order valence-corrected chi connectivity index (χ3v) is 12.0. The van der Waals surface area contributed by atoms with Crippen molar-refractivity contribution < 1.29 is 0 Å². The first kappa shape index (κ1) is 27.2. The van der Waals surface area contributed by atoms with Gasteiger partial charge in [0.15, 0.2) is 0 Å². The normalized spacial score (nSPS) is 13.8.